The molecule has 40 heavy (non-hydrogen) atoms. The molecule has 10 heteroatoms. The maximum atomic E-state index is 13.5. The highest BCUT2D eigenvalue weighted by atomic mass is 32.2. The highest BCUT2D eigenvalue weighted by Gasteiger charge is 2.27. The lowest BCUT2D eigenvalue weighted by atomic mass is 10.1. The van der Waals surface area contributed by atoms with Crippen molar-refractivity contribution in [3.63, 3.8) is 0 Å². The van der Waals surface area contributed by atoms with E-state index < -0.39 is 22.5 Å². The highest BCUT2D eigenvalue weighted by molar-refractivity contribution is 7.92. The molecule has 0 aliphatic carbocycles. The molecule has 0 fully saturated rings. The van der Waals surface area contributed by atoms with Crippen LogP contribution in [0, 0.1) is 0 Å². The Morgan fingerprint density at radius 3 is 2.17 bits per heavy atom. The molecular formula is C30H28N4O5S. The first-order valence-electron chi connectivity index (χ1n) is 12.3. The summed E-state index contributed by atoms with van der Waals surface area (Å²) in [6.45, 7) is 1.17. The smallest absolute Gasteiger partial charge is 0.264 e. The topological polar surface area (TPSA) is 117 Å². The molecule has 4 rings (SSSR count). The molecule has 0 bridgehead atoms. The van der Waals surface area contributed by atoms with Crippen LogP contribution in [-0.4, -0.2) is 39.6 Å². The molecule has 2 amide bonds. The number of anilines is 2. The maximum absolute atomic E-state index is 13.5. The van der Waals surface area contributed by atoms with Crippen molar-refractivity contribution in [1.82, 2.24) is 5.43 Å². The van der Waals surface area contributed by atoms with Gasteiger partial charge in [0.15, 0.2) is 0 Å². The number of carbonyl (C=O) groups is 2. The predicted molar refractivity (Wildman–Crippen MR) is 155 cm³/mol. The summed E-state index contributed by atoms with van der Waals surface area (Å²) < 4.78 is 33.2. The van der Waals surface area contributed by atoms with Crippen LogP contribution in [0.3, 0.4) is 0 Å². The van der Waals surface area contributed by atoms with Gasteiger partial charge in [-0.3, -0.25) is 13.9 Å². The van der Waals surface area contributed by atoms with E-state index in [0.717, 1.165) is 4.31 Å². The number of amides is 2. The van der Waals surface area contributed by atoms with Crippen molar-refractivity contribution in [3.05, 3.63) is 120 Å². The van der Waals surface area contributed by atoms with Gasteiger partial charge in [0, 0.05) is 17.3 Å². The summed E-state index contributed by atoms with van der Waals surface area (Å²) in [7, 11) is -2.60. The quantitative estimate of drug-likeness (QED) is 0.217. The lowest BCUT2D eigenvalue weighted by molar-refractivity contribution is -0.119. The molecule has 0 aromatic heterocycles. The Hall–Kier alpha value is -4.96. The monoisotopic (exact) mass is 556 g/mol. The standard InChI is InChI=1S/C30H28N4O5S/c1-22(24-13-9-14-25(19-24)31-30(36)23-11-5-3-6-12-23)32-33-29(35)21-34(26-15-10-16-27(20-26)39-2)40(37,38)28-17-7-4-8-18-28/h3-20H,21H2,1-2H3,(H,31,36)(H,33,35)/b32-22-. The first-order valence-corrected chi connectivity index (χ1v) is 13.7. The predicted octanol–water partition coefficient (Wildman–Crippen LogP) is 4.68. The van der Waals surface area contributed by atoms with Crippen LogP contribution in [0.5, 0.6) is 5.75 Å². The average Bonchev–Trinajstić information content (AvgIpc) is 2.99. The number of carbonyl (C=O) groups excluding carboxylic acids is 2. The van der Waals surface area contributed by atoms with Gasteiger partial charge >= 0.3 is 0 Å². The van der Waals surface area contributed by atoms with Crippen molar-refractivity contribution in [1.29, 1.82) is 0 Å². The molecular weight excluding hydrogens is 528 g/mol. The van der Waals surface area contributed by atoms with Crippen molar-refractivity contribution >= 4 is 38.9 Å². The van der Waals surface area contributed by atoms with Crippen molar-refractivity contribution < 1.29 is 22.7 Å². The molecule has 0 aliphatic rings. The molecule has 2 N–H and O–H groups in total. The molecule has 0 unspecified atom stereocenters. The van der Waals surface area contributed by atoms with Gasteiger partial charge in [-0.15, -0.1) is 0 Å². The van der Waals surface area contributed by atoms with Crippen LogP contribution in [0.4, 0.5) is 11.4 Å². The second kappa shape index (κ2) is 12.7. The van der Waals surface area contributed by atoms with Crippen LogP contribution in [-0.2, 0) is 14.8 Å². The van der Waals surface area contributed by atoms with Crippen LogP contribution in [0.25, 0.3) is 0 Å². The SMILES string of the molecule is COc1cccc(N(CC(=O)N/N=C(/C)c2cccc(NC(=O)c3ccccc3)c2)S(=O)(=O)c2ccccc2)c1. The fraction of sp³-hybridized carbons (Fsp3) is 0.100. The Labute approximate surface area is 233 Å². The van der Waals surface area contributed by atoms with Crippen LogP contribution in [0.1, 0.15) is 22.8 Å². The zero-order valence-corrected chi connectivity index (χ0v) is 22.8. The average molecular weight is 557 g/mol. The third-order valence-electron chi connectivity index (χ3n) is 5.88. The summed E-state index contributed by atoms with van der Waals surface area (Å²) in [6.07, 6.45) is 0. The normalized spacial score (nSPS) is 11.4. The second-order valence-corrected chi connectivity index (χ2v) is 10.5. The molecule has 0 saturated carbocycles. The molecule has 0 heterocycles. The van der Waals surface area contributed by atoms with E-state index in [9.17, 15) is 18.0 Å². The van der Waals surface area contributed by atoms with Gasteiger partial charge in [-0.25, -0.2) is 13.8 Å². The van der Waals surface area contributed by atoms with E-state index >= 15 is 0 Å². The minimum atomic E-state index is -4.08. The Morgan fingerprint density at radius 2 is 1.48 bits per heavy atom. The summed E-state index contributed by atoms with van der Waals surface area (Å²) in [5, 5.41) is 7.01. The van der Waals surface area contributed by atoms with Gasteiger partial charge in [0.25, 0.3) is 21.8 Å². The van der Waals surface area contributed by atoms with E-state index in [1.165, 1.54) is 25.3 Å². The summed E-state index contributed by atoms with van der Waals surface area (Å²) in [4.78, 5) is 25.5. The number of benzene rings is 4. The Balaban J connectivity index is 1.51. The lowest BCUT2D eigenvalue weighted by Gasteiger charge is -2.24. The molecule has 0 radical (unpaired) electrons. The molecule has 0 atom stereocenters. The molecule has 204 valence electrons. The van der Waals surface area contributed by atoms with Crippen molar-refractivity contribution in [3.8, 4) is 5.75 Å². The van der Waals surface area contributed by atoms with E-state index in [1.54, 1.807) is 91.9 Å². The first kappa shape index (κ1) is 28.1. The Morgan fingerprint density at radius 1 is 0.825 bits per heavy atom. The van der Waals surface area contributed by atoms with Crippen molar-refractivity contribution in [2.24, 2.45) is 5.10 Å². The minimum Gasteiger partial charge on any atom is -0.497 e. The number of methoxy groups -OCH3 is 1. The number of sulfonamides is 1. The summed E-state index contributed by atoms with van der Waals surface area (Å²) in [6, 6.07) is 30.2. The summed E-state index contributed by atoms with van der Waals surface area (Å²) in [5.74, 6) is -0.451. The van der Waals surface area contributed by atoms with E-state index in [0.29, 0.717) is 28.3 Å². The fourth-order valence-corrected chi connectivity index (χ4v) is 5.23. The number of nitrogens with zero attached hydrogens (tertiary/aromatic N) is 2. The van der Waals surface area contributed by atoms with Crippen LogP contribution in [0.2, 0.25) is 0 Å². The fourth-order valence-electron chi connectivity index (χ4n) is 3.79. The van der Waals surface area contributed by atoms with E-state index in [2.05, 4.69) is 15.8 Å². The third-order valence-corrected chi connectivity index (χ3v) is 7.67. The number of hydrazone groups is 1. The number of rotatable bonds is 10. The molecule has 4 aromatic rings. The Kier molecular flexibility index (Phi) is 8.93. The molecule has 9 nitrogen and oxygen atoms in total. The highest BCUT2D eigenvalue weighted by Crippen LogP contribution is 2.26. The second-order valence-electron chi connectivity index (χ2n) is 8.66. The van der Waals surface area contributed by atoms with Crippen LogP contribution in [0.15, 0.2) is 119 Å². The van der Waals surface area contributed by atoms with Crippen LogP contribution >= 0.6 is 0 Å². The zero-order valence-electron chi connectivity index (χ0n) is 21.9. The van der Waals surface area contributed by atoms with Gasteiger partial charge in [0.05, 0.1) is 23.4 Å². The Bertz CT molecular complexity index is 1620. The molecule has 4 aromatic carbocycles. The zero-order chi connectivity index (χ0) is 28.5. The molecule has 0 aliphatic heterocycles. The maximum Gasteiger partial charge on any atom is 0.264 e. The van der Waals surface area contributed by atoms with Gasteiger partial charge < -0.3 is 10.1 Å². The van der Waals surface area contributed by atoms with Crippen molar-refractivity contribution in [2.45, 2.75) is 11.8 Å². The van der Waals surface area contributed by atoms with Crippen molar-refractivity contribution in [2.75, 3.05) is 23.3 Å². The van der Waals surface area contributed by atoms with Gasteiger partial charge in [0.2, 0.25) is 0 Å². The lowest BCUT2D eigenvalue weighted by Crippen LogP contribution is -2.39. The van der Waals surface area contributed by atoms with E-state index in [-0.39, 0.29) is 16.5 Å². The van der Waals surface area contributed by atoms with Gasteiger partial charge in [-0.1, -0.05) is 54.6 Å². The van der Waals surface area contributed by atoms with Crippen LogP contribution < -0.4 is 19.8 Å². The number of ether oxygens (including phenoxy) is 1. The summed E-state index contributed by atoms with van der Waals surface area (Å²) >= 11 is 0. The number of hydrogen-bond donors (Lipinski definition) is 2. The van der Waals surface area contributed by atoms with E-state index in [4.69, 9.17) is 4.74 Å². The number of hydrogen-bond acceptors (Lipinski definition) is 6. The third kappa shape index (κ3) is 6.91. The number of nitrogens with one attached hydrogen (secondary N) is 2. The van der Waals surface area contributed by atoms with Gasteiger partial charge in [-0.2, -0.15) is 5.10 Å². The van der Waals surface area contributed by atoms with E-state index in [1.807, 2.05) is 6.07 Å². The molecule has 0 saturated heterocycles. The first-order chi connectivity index (χ1) is 19.3. The summed E-state index contributed by atoms with van der Waals surface area (Å²) in [5.41, 5.74) is 4.91. The van der Waals surface area contributed by atoms with Gasteiger partial charge in [-0.05, 0) is 61.0 Å². The minimum absolute atomic E-state index is 0.0414. The van der Waals surface area contributed by atoms with Gasteiger partial charge in [0.1, 0.15) is 12.3 Å². The largest absolute Gasteiger partial charge is 0.497 e. The molecule has 0 spiro atoms.